The number of rotatable bonds is 5. The van der Waals surface area contributed by atoms with Crippen LogP contribution in [-0.4, -0.2) is 9.13 Å². The van der Waals surface area contributed by atoms with Gasteiger partial charge in [0.2, 0.25) is 0 Å². The zero-order valence-corrected chi connectivity index (χ0v) is 32.9. The molecule has 0 unspecified atom stereocenters. The average Bonchev–Trinajstić information content (AvgIpc) is 3.97. The van der Waals surface area contributed by atoms with Gasteiger partial charge in [0.15, 0.2) is 0 Å². The predicted molar refractivity (Wildman–Crippen MR) is 250 cm³/mol. The van der Waals surface area contributed by atoms with Crippen molar-refractivity contribution in [3.05, 3.63) is 199 Å². The van der Waals surface area contributed by atoms with Gasteiger partial charge >= 0.3 is 0 Å². The first-order valence-corrected chi connectivity index (χ1v) is 20.7. The highest BCUT2D eigenvalue weighted by molar-refractivity contribution is 7.26. The van der Waals surface area contributed by atoms with Gasteiger partial charge in [0.05, 0.1) is 44.6 Å². The van der Waals surface area contributed by atoms with Gasteiger partial charge in [-0.1, -0.05) is 109 Å². The summed E-state index contributed by atoms with van der Waals surface area (Å²) in [6.45, 7) is 0. The Bertz CT molecular complexity index is 3760. The average molecular weight is 782 g/mol. The molecule has 0 spiro atoms. The highest BCUT2D eigenvalue weighted by Crippen LogP contribution is 2.46. The number of fused-ring (bicyclic) bond motifs is 12. The SMILES string of the molecule is N#Cc1cc(-n2c3ccc(N(c4ccccc4)c4ccccc4)cc3c3c4sc5ccccc5c4ccc32)c(C#N)cc1-n1c2ccccc2c2c3ccccc3ccc21. The summed E-state index contributed by atoms with van der Waals surface area (Å²) in [7, 11) is 0. The molecule has 12 aromatic rings. The second-order valence-corrected chi connectivity index (χ2v) is 16.2. The third-order valence-electron chi connectivity index (χ3n) is 11.9. The number of nitrogens with zero attached hydrogens (tertiary/aromatic N) is 5. The third-order valence-corrected chi connectivity index (χ3v) is 13.1. The van der Waals surface area contributed by atoms with E-state index in [-0.39, 0.29) is 0 Å². The Morgan fingerprint density at radius 1 is 0.400 bits per heavy atom. The topological polar surface area (TPSA) is 60.7 Å². The molecule has 0 N–H and O–H groups in total. The minimum atomic E-state index is 0.477. The van der Waals surface area contributed by atoms with Crippen LogP contribution in [0.5, 0.6) is 0 Å². The van der Waals surface area contributed by atoms with Crippen LogP contribution < -0.4 is 4.90 Å². The van der Waals surface area contributed by atoms with Gasteiger partial charge in [-0.3, -0.25) is 0 Å². The Labute approximate surface area is 348 Å². The number of hydrogen-bond acceptors (Lipinski definition) is 4. The number of benzene rings is 9. The Morgan fingerprint density at radius 3 is 1.65 bits per heavy atom. The smallest absolute Gasteiger partial charge is 0.101 e. The van der Waals surface area contributed by atoms with Gasteiger partial charge in [0.1, 0.15) is 12.1 Å². The molecule has 5 nitrogen and oxygen atoms in total. The van der Waals surface area contributed by atoms with Crippen molar-refractivity contribution in [2.45, 2.75) is 0 Å². The van der Waals surface area contributed by atoms with Gasteiger partial charge in [0, 0.05) is 58.8 Å². The van der Waals surface area contributed by atoms with E-state index < -0.39 is 0 Å². The largest absolute Gasteiger partial charge is 0.310 e. The first-order chi connectivity index (χ1) is 29.7. The zero-order valence-electron chi connectivity index (χ0n) is 32.0. The molecule has 0 atom stereocenters. The van der Waals surface area contributed by atoms with Gasteiger partial charge in [-0.05, 0) is 89.6 Å². The maximum atomic E-state index is 11.1. The standard InChI is InChI=1S/C54H31N5S/c55-32-35-30-50(36(33-56)29-49(35)58-45-21-11-9-20-43(45)52-40-18-8-7-13-34(40)23-26-47(52)58)59-46-27-24-39(57(37-14-3-1-4-15-37)38-16-5-2-6-17-38)31-44(46)53-48(59)28-25-42-41-19-10-12-22-51(41)60-54(42)53/h1-31H. The summed E-state index contributed by atoms with van der Waals surface area (Å²) in [6.07, 6.45) is 0. The summed E-state index contributed by atoms with van der Waals surface area (Å²) in [5, 5.41) is 31.2. The molecule has 0 bridgehead atoms. The molecular formula is C54H31N5S. The molecule has 0 aliphatic heterocycles. The zero-order chi connectivity index (χ0) is 39.9. The van der Waals surface area contributed by atoms with E-state index in [1.165, 1.54) is 20.2 Å². The Kier molecular flexibility index (Phi) is 7.46. The minimum Gasteiger partial charge on any atom is -0.310 e. The quantitative estimate of drug-likeness (QED) is 0.175. The number of thiophene rings is 1. The first kappa shape index (κ1) is 33.9. The van der Waals surface area contributed by atoms with Crippen LogP contribution in [0.25, 0.3) is 85.9 Å². The fourth-order valence-corrected chi connectivity index (χ4v) is 10.7. The molecule has 12 rings (SSSR count). The van der Waals surface area contributed by atoms with E-state index >= 15 is 0 Å². The molecule has 9 aromatic carbocycles. The second-order valence-electron chi connectivity index (χ2n) is 15.1. The van der Waals surface area contributed by atoms with E-state index in [9.17, 15) is 10.5 Å². The van der Waals surface area contributed by atoms with E-state index in [0.29, 0.717) is 22.5 Å². The second kappa shape index (κ2) is 13.2. The molecule has 0 amide bonds. The lowest BCUT2D eigenvalue weighted by Crippen LogP contribution is -2.09. The fourth-order valence-electron chi connectivity index (χ4n) is 9.40. The molecule has 0 saturated carbocycles. The number of aromatic nitrogens is 2. The Balaban J connectivity index is 1.16. The van der Waals surface area contributed by atoms with E-state index in [4.69, 9.17) is 0 Å². The molecule has 0 aliphatic carbocycles. The van der Waals surface area contributed by atoms with Crippen molar-refractivity contribution < 1.29 is 0 Å². The predicted octanol–water partition coefficient (Wildman–Crippen LogP) is 14.6. The summed E-state index contributed by atoms with van der Waals surface area (Å²) >= 11 is 1.80. The molecule has 0 aliphatic rings. The van der Waals surface area contributed by atoms with Crippen LogP contribution in [0.1, 0.15) is 11.1 Å². The number of anilines is 3. The molecule has 0 saturated heterocycles. The van der Waals surface area contributed by atoms with Crippen LogP contribution >= 0.6 is 11.3 Å². The van der Waals surface area contributed by atoms with Gasteiger partial charge in [0.25, 0.3) is 0 Å². The van der Waals surface area contributed by atoms with Crippen molar-refractivity contribution in [3.8, 4) is 23.5 Å². The van der Waals surface area contributed by atoms with Crippen molar-refractivity contribution in [1.82, 2.24) is 9.13 Å². The number of para-hydroxylation sites is 3. The van der Waals surface area contributed by atoms with Crippen molar-refractivity contribution in [3.63, 3.8) is 0 Å². The van der Waals surface area contributed by atoms with E-state index in [1.54, 1.807) is 11.3 Å². The molecule has 3 heterocycles. The molecule has 60 heavy (non-hydrogen) atoms. The van der Waals surface area contributed by atoms with Crippen LogP contribution in [0.2, 0.25) is 0 Å². The Morgan fingerprint density at radius 2 is 0.950 bits per heavy atom. The minimum absolute atomic E-state index is 0.477. The number of nitriles is 2. The maximum absolute atomic E-state index is 11.1. The highest BCUT2D eigenvalue weighted by Gasteiger charge is 2.24. The molecule has 3 aromatic heterocycles. The van der Waals surface area contributed by atoms with Crippen LogP contribution in [0.15, 0.2) is 188 Å². The van der Waals surface area contributed by atoms with Crippen LogP contribution in [-0.2, 0) is 0 Å². The van der Waals surface area contributed by atoms with Gasteiger partial charge in [-0.2, -0.15) is 10.5 Å². The Hall–Kier alpha value is -8.16. The summed E-state index contributed by atoms with van der Waals surface area (Å²) in [5.41, 5.74) is 9.32. The lowest BCUT2D eigenvalue weighted by molar-refractivity contribution is 1.12. The molecule has 6 heteroatoms. The monoisotopic (exact) mass is 781 g/mol. The van der Waals surface area contributed by atoms with Gasteiger partial charge in [-0.25, -0.2) is 0 Å². The van der Waals surface area contributed by atoms with Crippen LogP contribution in [0.4, 0.5) is 17.1 Å². The van der Waals surface area contributed by atoms with Crippen molar-refractivity contribution >= 4 is 103 Å². The first-order valence-electron chi connectivity index (χ1n) is 19.9. The van der Waals surface area contributed by atoms with Crippen LogP contribution in [0, 0.1) is 22.7 Å². The number of hydrogen-bond donors (Lipinski definition) is 0. The lowest BCUT2D eigenvalue weighted by Gasteiger charge is -2.25. The van der Waals surface area contributed by atoms with E-state index in [0.717, 1.165) is 71.4 Å². The maximum Gasteiger partial charge on any atom is 0.101 e. The highest BCUT2D eigenvalue weighted by atomic mass is 32.1. The molecule has 0 radical (unpaired) electrons. The summed E-state index contributed by atoms with van der Waals surface area (Å²) in [5.74, 6) is 0. The van der Waals surface area contributed by atoms with E-state index in [1.807, 2.05) is 30.3 Å². The van der Waals surface area contributed by atoms with Crippen molar-refractivity contribution in [2.24, 2.45) is 0 Å². The summed E-state index contributed by atoms with van der Waals surface area (Å²) in [6, 6.07) is 70.4. The normalized spacial score (nSPS) is 11.6. The van der Waals surface area contributed by atoms with Crippen molar-refractivity contribution in [2.75, 3.05) is 4.90 Å². The van der Waals surface area contributed by atoms with Gasteiger partial charge < -0.3 is 14.0 Å². The molecule has 0 fully saturated rings. The van der Waals surface area contributed by atoms with Crippen molar-refractivity contribution in [1.29, 1.82) is 10.5 Å². The lowest BCUT2D eigenvalue weighted by atomic mass is 10.0. The van der Waals surface area contributed by atoms with E-state index in [2.05, 4.69) is 184 Å². The summed E-state index contributed by atoms with van der Waals surface area (Å²) < 4.78 is 6.76. The molecular weight excluding hydrogens is 751 g/mol. The third kappa shape index (κ3) is 4.90. The van der Waals surface area contributed by atoms with Crippen LogP contribution in [0.3, 0.4) is 0 Å². The fraction of sp³-hybridized carbons (Fsp3) is 0. The molecule has 278 valence electrons. The summed E-state index contributed by atoms with van der Waals surface area (Å²) in [4.78, 5) is 2.28. The van der Waals surface area contributed by atoms with Gasteiger partial charge in [-0.15, -0.1) is 11.3 Å².